The van der Waals surface area contributed by atoms with E-state index in [0.717, 1.165) is 0 Å². The van der Waals surface area contributed by atoms with Crippen molar-refractivity contribution in [2.45, 2.75) is 6.16 Å². The normalized spacial score (nSPS) is 11.1. The summed E-state index contributed by atoms with van der Waals surface area (Å²) in [5.41, 5.74) is 0.270. The molecule has 2 aromatic carbocycles. The van der Waals surface area contributed by atoms with Gasteiger partial charge in [-0.2, -0.15) is 0 Å². The van der Waals surface area contributed by atoms with E-state index < -0.39 is 11.4 Å². The van der Waals surface area contributed by atoms with Gasteiger partial charge in [-0.25, -0.2) is 0 Å². The van der Waals surface area contributed by atoms with Gasteiger partial charge in [-0.3, -0.25) is 10.1 Å². The van der Waals surface area contributed by atoms with Crippen molar-refractivity contribution in [3.8, 4) is 11.5 Å². The van der Waals surface area contributed by atoms with Crippen LogP contribution in [0.25, 0.3) is 0 Å². The van der Waals surface area contributed by atoms with Gasteiger partial charge in [0.1, 0.15) is 11.5 Å². The molecular weight excluding hydrogens is 313 g/mol. The van der Waals surface area contributed by atoms with Crippen LogP contribution in [0, 0.1) is 10.1 Å². The van der Waals surface area contributed by atoms with Crippen molar-refractivity contribution < 1.29 is 19.4 Å². The van der Waals surface area contributed by atoms with Crippen molar-refractivity contribution in [3.05, 3.63) is 64.2 Å². The lowest BCUT2D eigenvalue weighted by atomic mass is 10.2. The zero-order valence-electron chi connectivity index (χ0n) is 10.7. The fourth-order valence-corrected chi connectivity index (χ4v) is 2.84. The highest BCUT2D eigenvalue weighted by molar-refractivity contribution is 8.08. The molecule has 0 atom stereocenters. The van der Waals surface area contributed by atoms with Crippen molar-refractivity contribution in [3.63, 3.8) is 0 Å². The van der Waals surface area contributed by atoms with E-state index in [0.29, 0.717) is 11.3 Å². The molecule has 21 heavy (non-hydrogen) atoms. The number of para-hydroxylation sites is 1. The summed E-state index contributed by atoms with van der Waals surface area (Å²) >= 11 is 4.61. The number of nitrogens with zero attached hydrogens (tertiary/aromatic N) is 1. The molecule has 110 valence electrons. The van der Waals surface area contributed by atoms with E-state index in [1.807, 2.05) is 6.07 Å². The molecule has 0 heterocycles. The molecule has 0 saturated heterocycles. The first kappa shape index (κ1) is 15.6. The second-order valence-electron chi connectivity index (χ2n) is 4.29. The minimum absolute atomic E-state index is 0.145. The lowest BCUT2D eigenvalue weighted by Gasteiger charge is -2.13. The van der Waals surface area contributed by atoms with Gasteiger partial charge in [-0.1, -0.05) is 18.2 Å². The Morgan fingerprint density at radius 1 is 1.19 bits per heavy atom. The molecule has 0 bridgehead atoms. The van der Waals surface area contributed by atoms with Crippen LogP contribution in [0.3, 0.4) is 0 Å². The summed E-state index contributed by atoms with van der Waals surface area (Å²) in [6, 6.07) is 12.6. The molecule has 0 aliphatic rings. The van der Waals surface area contributed by atoms with E-state index in [1.165, 1.54) is 18.2 Å². The van der Waals surface area contributed by atoms with Gasteiger partial charge in [0.15, 0.2) is 6.49 Å². The summed E-state index contributed by atoms with van der Waals surface area (Å²) in [4.78, 5) is 29.2. The average molecular weight is 325 g/mol. The molecule has 0 amide bonds. The molecule has 6 nitrogen and oxygen atoms in total. The summed E-state index contributed by atoms with van der Waals surface area (Å²) < 4.78 is 5.59. The number of ether oxygens (including phenoxy) is 1. The molecule has 0 aliphatic carbocycles. The average Bonchev–Trinajstić information content (AvgIpc) is 2.40. The van der Waals surface area contributed by atoms with Gasteiger partial charge < -0.3 is 14.5 Å². The molecule has 0 aromatic heterocycles. The minimum Gasteiger partial charge on any atom is -0.457 e. The van der Waals surface area contributed by atoms with Crippen LogP contribution in [0.1, 0.15) is 5.56 Å². The number of nitro groups is 1. The van der Waals surface area contributed by atoms with Gasteiger partial charge in [-0.15, -0.1) is 0 Å². The summed E-state index contributed by atoms with van der Waals surface area (Å²) in [5, 5.41) is 10.8. The van der Waals surface area contributed by atoms with E-state index in [-0.39, 0.29) is 17.6 Å². The lowest BCUT2D eigenvalue weighted by molar-refractivity contribution is -0.384. The predicted molar refractivity (Wildman–Crippen MR) is 82.0 cm³/mol. The fraction of sp³-hybridized carbons (Fsp3) is 0.0769. The summed E-state index contributed by atoms with van der Waals surface area (Å²) in [7, 11) is 0. The molecule has 0 unspecified atom stereocenters. The maximum atomic E-state index is 10.8. The first-order valence-corrected chi connectivity index (χ1v) is 8.79. The van der Waals surface area contributed by atoms with Crippen LogP contribution in [0.5, 0.6) is 11.5 Å². The molecular formula is C13H12NO5PS. The summed E-state index contributed by atoms with van der Waals surface area (Å²) in [6.07, 6.45) is -0.178. The van der Waals surface area contributed by atoms with Crippen molar-refractivity contribution in [2.75, 3.05) is 0 Å². The maximum absolute atomic E-state index is 10.8. The van der Waals surface area contributed by atoms with Crippen molar-refractivity contribution >= 4 is 24.0 Å². The smallest absolute Gasteiger partial charge is 0.273 e. The van der Waals surface area contributed by atoms with Crippen LogP contribution in [-0.2, 0) is 18.0 Å². The molecule has 2 aromatic rings. The SMILES string of the molecule is O=[N+]([O-])c1ccc(CP(O)(O)=S)c(Oc2ccccc2)c1. The molecule has 2 N–H and O–H groups in total. The van der Waals surface area contributed by atoms with Gasteiger partial charge in [0.05, 0.1) is 17.2 Å². The van der Waals surface area contributed by atoms with Gasteiger partial charge in [0.25, 0.3) is 5.69 Å². The number of benzene rings is 2. The minimum atomic E-state index is -3.47. The quantitative estimate of drug-likeness (QED) is 0.498. The number of non-ortho nitro benzene ring substituents is 1. The molecule has 8 heteroatoms. The molecule has 0 fully saturated rings. The van der Waals surface area contributed by atoms with Crippen LogP contribution in [0.15, 0.2) is 48.5 Å². The van der Waals surface area contributed by atoms with Gasteiger partial charge in [-0.05, 0) is 30.0 Å². The first-order valence-electron chi connectivity index (χ1n) is 5.90. The van der Waals surface area contributed by atoms with Crippen molar-refractivity contribution in [2.24, 2.45) is 0 Å². The molecule has 0 radical (unpaired) electrons. The summed E-state index contributed by atoms with van der Waals surface area (Å²) in [5.74, 6) is 0.677. The monoisotopic (exact) mass is 325 g/mol. The van der Waals surface area contributed by atoms with Crippen molar-refractivity contribution in [1.29, 1.82) is 0 Å². The number of rotatable bonds is 5. The zero-order valence-corrected chi connectivity index (χ0v) is 12.5. The maximum Gasteiger partial charge on any atom is 0.273 e. The van der Waals surface area contributed by atoms with Crippen molar-refractivity contribution in [1.82, 2.24) is 0 Å². The fourth-order valence-electron chi connectivity index (χ4n) is 1.72. The Hall–Kier alpha value is -1.79. The van der Waals surface area contributed by atoms with Gasteiger partial charge in [0.2, 0.25) is 0 Å². The Morgan fingerprint density at radius 2 is 1.86 bits per heavy atom. The number of nitro benzene ring substituents is 1. The Kier molecular flexibility index (Phi) is 4.69. The van der Waals surface area contributed by atoms with E-state index >= 15 is 0 Å². The second kappa shape index (κ2) is 6.32. The highest BCUT2D eigenvalue weighted by atomic mass is 32.5. The number of hydrogen-bond acceptors (Lipinski definition) is 4. The second-order valence-corrected chi connectivity index (χ2v) is 7.69. The van der Waals surface area contributed by atoms with Crippen LogP contribution in [0.4, 0.5) is 5.69 Å². The largest absolute Gasteiger partial charge is 0.457 e. The van der Waals surface area contributed by atoms with E-state index in [4.69, 9.17) is 4.74 Å². The van der Waals surface area contributed by atoms with Crippen LogP contribution < -0.4 is 4.74 Å². The summed E-state index contributed by atoms with van der Waals surface area (Å²) in [6.45, 7) is -3.47. The topological polar surface area (TPSA) is 92.8 Å². The van der Waals surface area contributed by atoms with E-state index in [1.54, 1.807) is 24.3 Å². The van der Waals surface area contributed by atoms with Gasteiger partial charge in [0, 0.05) is 11.6 Å². The Labute approximate surface area is 126 Å². The number of hydrogen-bond donors (Lipinski definition) is 2. The van der Waals surface area contributed by atoms with Crippen LogP contribution in [-0.4, -0.2) is 14.7 Å². The highest BCUT2D eigenvalue weighted by Gasteiger charge is 2.17. The van der Waals surface area contributed by atoms with Crippen LogP contribution in [0.2, 0.25) is 0 Å². The first-order chi connectivity index (χ1) is 9.85. The molecule has 0 aliphatic heterocycles. The predicted octanol–water partition coefficient (Wildman–Crippen LogP) is 3.18. The third-order valence-electron chi connectivity index (χ3n) is 2.61. The molecule has 0 saturated carbocycles. The third kappa shape index (κ3) is 4.61. The Balaban J connectivity index is 2.41. The third-order valence-corrected chi connectivity index (χ3v) is 3.75. The van der Waals surface area contributed by atoms with Gasteiger partial charge >= 0.3 is 0 Å². The molecule has 0 spiro atoms. The van der Waals surface area contributed by atoms with Crippen LogP contribution >= 0.6 is 6.49 Å². The highest BCUT2D eigenvalue weighted by Crippen LogP contribution is 2.43. The molecule has 2 rings (SSSR count). The standard InChI is InChI=1S/C13H12NO5PS/c15-14(16)11-7-6-10(9-20(17,18)21)13(8-11)19-12-4-2-1-3-5-12/h1-8H,9H2,(H2,17,18,21). The Morgan fingerprint density at radius 3 is 2.43 bits per heavy atom. The zero-order chi connectivity index (χ0) is 15.5. The van der Waals surface area contributed by atoms with E-state index in [2.05, 4.69) is 11.8 Å². The lowest BCUT2D eigenvalue weighted by Crippen LogP contribution is -1.96. The Bertz CT molecular complexity index is 701. The van der Waals surface area contributed by atoms with E-state index in [9.17, 15) is 19.9 Å².